The molecule has 1 aliphatic heterocycles. The molecular weight excluding hydrogens is 516 g/mol. The summed E-state index contributed by atoms with van der Waals surface area (Å²) in [7, 11) is 1.76. The molecule has 1 N–H and O–H groups in total. The Kier molecular flexibility index (Phi) is 9.87. The molecule has 0 bridgehead atoms. The van der Waals surface area contributed by atoms with Crippen molar-refractivity contribution in [1.82, 2.24) is 15.1 Å². The van der Waals surface area contributed by atoms with Crippen molar-refractivity contribution < 1.29 is 13.2 Å². The zero-order chi connectivity index (χ0) is 21.6. The summed E-state index contributed by atoms with van der Waals surface area (Å²) in [6.45, 7) is 4.15. The van der Waals surface area contributed by atoms with Crippen LogP contribution in [0.1, 0.15) is 18.9 Å². The van der Waals surface area contributed by atoms with E-state index in [0.29, 0.717) is 13.1 Å². The van der Waals surface area contributed by atoms with Gasteiger partial charge in [0.25, 0.3) is 0 Å². The average molecular weight is 548 g/mol. The maximum atomic E-state index is 12.7. The lowest BCUT2D eigenvalue weighted by Gasteiger charge is -2.26. The smallest absolute Gasteiger partial charge is 0.356 e. The minimum atomic E-state index is -4.15. The fourth-order valence-corrected chi connectivity index (χ4v) is 4.25. The lowest BCUT2D eigenvalue weighted by atomic mass is 10.0. The fourth-order valence-electron chi connectivity index (χ4n) is 4.25. The summed E-state index contributed by atoms with van der Waals surface area (Å²) in [4.78, 5) is 8.05. The highest BCUT2D eigenvalue weighted by molar-refractivity contribution is 14.0. The summed E-state index contributed by atoms with van der Waals surface area (Å²) < 4.78 is 38.2. The van der Waals surface area contributed by atoms with Gasteiger partial charge in [-0.2, -0.15) is 13.2 Å². The minimum Gasteiger partial charge on any atom is -0.356 e. The number of benzene rings is 2. The standard InChI is InChI=1S/C23H31F3N4.HI/c1-3-29(17-23(24,25)26)15-18-12-14-30(16-18)22(27-2)28-13-11-20-9-6-8-19-7-4-5-10-21(19)20;/h4-10,18H,3,11-17H2,1-2H3,(H,27,28);1H. The molecule has 8 heteroatoms. The molecule has 1 saturated heterocycles. The Bertz CT molecular complexity index is 851. The third-order valence-electron chi connectivity index (χ3n) is 5.72. The van der Waals surface area contributed by atoms with Crippen molar-refractivity contribution >= 4 is 40.7 Å². The van der Waals surface area contributed by atoms with Crippen molar-refractivity contribution in [2.75, 3.05) is 46.3 Å². The first kappa shape index (κ1) is 25.7. The Morgan fingerprint density at radius 1 is 1.19 bits per heavy atom. The van der Waals surface area contributed by atoms with Gasteiger partial charge < -0.3 is 10.2 Å². The van der Waals surface area contributed by atoms with Crippen LogP contribution in [0.3, 0.4) is 0 Å². The van der Waals surface area contributed by atoms with Crippen molar-refractivity contribution in [2.24, 2.45) is 10.9 Å². The Hall–Kier alpha value is -1.55. The quantitative estimate of drug-likeness (QED) is 0.307. The summed E-state index contributed by atoms with van der Waals surface area (Å²) in [5.41, 5.74) is 1.29. The van der Waals surface area contributed by atoms with Crippen LogP contribution < -0.4 is 5.32 Å². The molecule has 0 aromatic heterocycles. The number of rotatable bonds is 7. The molecule has 1 unspecified atom stereocenters. The summed E-state index contributed by atoms with van der Waals surface area (Å²) >= 11 is 0. The summed E-state index contributed by atoms with van der Waals surface area (Å²) in [5.74, 6) is 1.06. The van der Waals surface area contributed by atoms with Crippen molar-refractivity contribution in [1.29, 1.82) is 0 Å². The van der Waals surface area contributed by atoms with Gasteiger partial charge in [0.1, 0.15) is 0 Å². The number of likely N-dealkylation sites (tertiary alicyclic amines) is 1. The van der Waals surface area contributed by atoms with Crippen molar-refractivity contribution in [3.05, 3.63) is 48.0 Å². The van der Waals surface area contributed by atoms with Gasteiger partial charge in [-0.1, -0.05) is 49.4 Å². The molecule has 0 radical (unpaired) electrons. The number of guanidine groups is 1. The SMILES string of the molecule is CCN(CC1CCN(C(=NC)NCCc2cccc3ccccc23)C1)CC(F)(F)F.I. The second kappa shape index (κ2) is 11.9. The number of nitrogens with one attached hydrogen (secondary N) is 1. The van der Waals surface area contributed by atoms with Gasteiger partial charge in [0.15, 0.2) is 5.96 Å². The Balaban J connectivity index is 0.00000341. The Morgan fingerprint density at radius 2 is 1.94 bits per heavy atom. The van der Waals surface area contributed by atoms with E-state index in [9.17, 15) is 13.2 Å². The van der Waals surface area contributed by atoms with E-state index in [1.165, 1.54) is 21.2 Å². The summed E-state index contributed by atoms with van der Waals surface area (Å²) in [6, 6.07) is 14.7. The minimum absolute atomic E-state index is 0. The monoisotopic (exact) mass is 548 g/mol. The molecule has 0 spiro atoms. The predicted molar refractivity (Wildman–Crippen MR) is 132 cm³/mol. The van der Waals surface area contributed by atoms with Crippen LogP contribution in [0.5, 0.6) is 0 Å². The van der Waals surface area contributed by atoms with Gasteiger partial charge in [-0.05, 0) is 41.6 Å². The van der Waals surface area contributed by atoms with Crippen LogP contribution in [0.2, 0.25) is 0 Å². The molecule has 31 heavy (non-hydrogen) atoms. The number of hydrogen-bond acceptors (Lipinski definition) is 2. The molecule has 3 rings (SSSR count). The molecule has 1 atom stereocenters. The molecule has 2 aromatic carbocycles. The van der Waals surface area contributed by atoms with Gasteiger partial charge in [-0.3, -0.25) is 9.89 Å². The van der Waals surface area contributed by atoms with Gasteiger partial charge in [0, 0.05) is 33.2 Å². The highest BCUT2D eigenvalue weighted by Gasteiger charge is 2.32. The zero-order valence-electron chi connectivity index (χ0n) is 18.2. The molecule has 0 amide bonds. The number of hydrogen-bond donors (Lipinski definition) is 1. The normalized spacial score (nSPS) is 17.3. The third kappa shape index (κ3) is 7.52. The lowest BCUT2D eigenvalue weighted by Crippen LogP contribution is -2.42. The van der Waals surface area contributed by atoms with Gasteiger partial charge in [0.2, 0.25) is 0 Å². The first-order chi connectivity index (χ1) is 14.4. The van der Waals surface area contributed by atoms with Crippen LogP contribution >= 0.6 is 24.0 Å². The van der Waals surface area contributed by atoms with E-state index in [0.717, 1.165) is 38.4 Å². The zero-order valence-corrected chi connectivity index (χ0v) is 20.5. The average Bonchev–Trinajstić information content (AvgIpc) is 3.18. The summed E-state index contributed by atoms with van der Waals surface area (Å²) in [6.07, 6.45) is -2.38. The van der Waals surface area contributed by atoms with Crippen LogP contribution in [0.15, 0.2) is 47.5 Å². The van der Waals surface area contributed by atoms with E-state index in [1.54, 1.807) is 14.0 Å². The maximum Gasteiger partial charge on any atom is 0.401 e. The molecule has 1 fully saturated rings. The van der Waals surface area contributed by atoms with Crippen molar-refractivity contribution in [3.63, 3.8) is 0 Å². The van der Waals surface area contributed by atoms with Gasteiger partial charge in [-0.25, -0.2) is 0 Å². The highest BCUT2D eigenvalue weighted by Crippen LogP contribution is 2.22. The van der Waals surface area contributed by atoms with E-state index in [4.69, 9.17) is 0 Å². The van der Waals surface area contributed by atoms with Crippen molar-refractivity contribution in [2.45, 2.75) is 25.9 Å². The van der Waals surface area contributed by atoms with Crippen LogP contribution in [0.25, 0.3) is 10.8 Å². The molecular formula is C23H32F3IN4. The van der Waals surface area contributed by atoms with E-state index in [1.807, 2.05) is 6.07 Å². The molecule has 4 nitrogen and oxygen atoms in total. The molecule has 0 saturated carbocycles. The number of fused-ring (bicyclic) bond motifs is 1. The van der Waals surface area contributed by atoms with Crippen LogP contribution in [-0.2, 0) is 6.42 Å². The van der Waals surface area contributed by atoms with Crippen LogP contribution in [-0.4, -0.2) is 68.3 Å². The molecule has 1 heterocycles. The van der Waals surface area contributed by atoms with E-state index in [2.05, 4.69) is 51.6 Å². The first-order valence-electron chi connectivity index (χ1n) is 10.6. The third-order valence-corrected chi connectivity index (χ3v) is 5.72. The Labute approximate surface area is 199 Å². The second-order valence-corrected chi connectivity index (χ2v) is 7.91. The molecule has 172 valence electrons. The Morgan fingerprint density at radius 3 is 2.65 bits per heavy atom. The van der Waals surface area contributed by atoms with E-state index < -0.39 is 12.7 Å². The van der Waals surface area contributed by atoms with E-state index in [-0.39, 0.29) is 29.9 Å². The second-order valence-electron chi connectivity index (χ2n) is 7.91. The fraction of sp³-hybridized carbons (Fsp3) is 0.522. The van der Waals surface area contributed by atoms with Gasteiger partial charge in [-0.15, -0.1) is 24.0 Å². The lowest BCUT2D eigenvalue weighted by molar-refractivity contribution is -0.146. The molecule has 1 aliphatic rings. The topological polar surface area (TPSA) is 30.9 Å². The number of nitrogens with zero attached hydrogens (tertiary/aromatic N) is 3. The van der Waals surface area contributed by atoms with Crippen LogP contribution in [0, 0.1) is 5.92 Å². The number of alkyl halides is 3. The van der Waals surface area contributed by atoms with Crippen molar-refractivity contribution in [3.8, 4) is 0 Å². The summed E-state index contributed by atoms with van der Waals surface area (Å²) in [5, 5.41) is 5.94. The first-order valence-corrected chi connectivity index (χ1v) is 10.6. The highest BCUT2D eigenvalue weighted by atomic mass is 127. The largest absolute Gasteiger partial charge is 0.401 e. The number of halogens is 4. The van der Waals surface area contributed by atoms with Crippen LogP contribution in [0.4, 0.5) is 13.2 Å². The van der Waals surface area contributed by atoms with E-state index >= 15 is 0 Å². The molecule has 2 aromatic rings. The molecule has 0 aliphatic carbocycles. The van der Waals surface area contributed by atoms with Gasteiger partial charge >= 0.3 is 6.18 Å². The maximum absolute atomic E-state index is 12.7. The predicted octanol–water partition coefficient (Wildman–Crippen LogP) is 4.78. The number of aliphatic imine (C=N–C) groups is 1. The van der Waals surface area contributed by atoms with Gasteiger partial charge in [0.05, 0.1) is 6.54 Å².